The maximum atomic E-state index is 11.8. The summed E-state index contributed by atoms with van der Waals surface area (Å²) in [5.41, 5.74) is -0.542. The summed E-state index contributed by atoms with van der Waals surface area (Å²) in [5, 5.41) is 5.21. The molecule has 0 bridgehead atoms. The van der Waals surface area contributed by atoms with Crippen LogP contribution < -0.4 is 10.6 Å². The number of amides is 3. The lowest BCUT2D eigenvalue weighted by atomic mass is 9.95. The first-order valence-electron chi connectivity index (χ1n) is 7.08. The summed E-state index contributed by atoms with van der Waals surface area (Å²) >= 11 is 0. The van der Waals surface area contributed by atoms with Gasteiger partial charge < -0.3 is 15.5 Å². The van der Waals surface area contributed by atoms with Crippen LogP contribution in [0.15, 0.2) is 0 Å². The van der Waals surface area contributed by atoms with Crippen LogP contribution in [0.4, 0.5) is 0 Å². The van der Waals surface area contributed by atoms with Crippen LogP contribution in [0.25, 0.3) is 0 Å². The molecule has 1 heterocycles. The minimum atomic E-state index is -0.645. The molecule has 6 heteroatoms. The van der Waals surface area contributed by atoms with E-state index in [1.165, 1.54) is 0 Å². The van der Waals surface area contributed by atoms with Gasteiger partial charge in [0.2, 0.25) is 17.7 Å². The molecule has 0 radical (unpaired) electrons. The molecular weight excluding hydrogens is 258 g/mol. The predicted molar refractivity (Wildman–Crippen MR) is 75.9 cm³/mol. The van der Waals surface area contributed by atoms with Crippen LogP contribution in [-0.2, 0) is 14.4 Å². The molecule has 1 unspecified atom stereocenters. The van der Waals surface area contributed by atoms with E-state index in [0.717, 1.165) is 25.9 Å². The van der Waals surface area contributed by atoms with Gasteiger partial charge in [0.25, 0.3) is 0 Å². The van der Waals surface area contributed by atoms with Gasteiger partial charge in [-0.3, -0.25) is 14.4 Å². The summed E-state index contributed by atoms with van der Waals surface area (Å²) in [4.78, 5) is 37.1. The van der Waals surface area contributed by atoms with Gasteiger partial charge in [0.05, 0.1) is 6.54 Å². The number of carbonyl (C=O) groups excluding carboxylic acids is 3. The van der Waals surface area contributed by atoms with Crippen molar-refractivity contribution in [2.75, 3.05) is 19.6 Å². The third-order valence-corrected chi connectivity index (χ3v) is 3.29. The van der Waals surface area contributed by atoms with Crippen LogP contribution in [0.3, 0.4) is 0 Å². The van der Waals surface area contributed by atoms with E-state index >= 15 is 0 Å². The van der Waals surface area contributed by atoms with E-state index in [0.29, 0.717) is 0 Å². The summed E-state index contributed by atoms with van der Waals surface area (Å²) < 4.78 is 0. The largest absolute Gasteiger partial charge is 0.345 e. The van der Waals surface area contributed by atoms with Crippen molar-refractivity contribution in [2.24, 2.45) is 5.41 Å². The second-order valence-electron chi connectivity index (χ2n) is 6.25. The maximum Gasteiger partial charge on any atom is 0.242 e. The first-order valence-corrected chi connectivity index (χ1v) is 7.08. The molecule has 0 aliphatic carbocycles. The van der Waals surface area contributed by atoms with Gasteiger partial charge in [-0.1, -0.05) is 20.8 Å². The Hall–Kier alpha value is -1.59. The molecule has 1 fully saturated rings. The van der Waals surface area contributed by atoms with Crippen molar-refractivity contribution >= 4 is 17.7 Å². The van der Waals surface area contributed by atoms with E-state index in [9.17, 15) is 14.4 Å². The highest BCUT2D eigenvalue weighted by Crippen LogP contribution is 2.12. The quantitative estimate of drug-likeness (QED) is 0.777. The lowest BCUT2D eigenvalue weighted by molar-refractivity contribution is -0.134. The number of carbonyl (C=O) groups is 3. The highest BCUT2D eigenvalue weighted by molar-refractivity contribution is 5.91. The van der Waals surface area contributed by atoms with Crippen molar-refractivity contribution in [1.82, 2.24) is 15.5 Å². The van der Waals surface area contributed by atoms with Gasteiger partial charge in [0, 0.05) is 18.5 Å². The fourth-order valence-electron chi connectivity index (χ4n) is 1.87. The van der Waals surface area contributed by atoms with Crippen LogP contribution >= 0.6 is 0 Å². The van der Waals surface area contributed by atoms with Crippen molar-refractivity contribution < 1.29 is 14.4 Å². The number of nitrogens with zero attached hydrogens (tertiary/aromatic N) is 1. The van der Waals surface area contributed by atoms with Gasteiger partial charge in [0.15, 0.2) is 0 Å². The number of likely N-dealkylation sites (tertiary alicyclic amines) is 1. The molecule has 0 spiro atoms. The Bertz CT molecular complexity index is 382. The molecule has 0 aromatic carbocycles. The first kappa shape index (κ1) is 16.5. The summed E-state index contributed by atoms with van der Waals surface area (Å²) in [7, 11) is 0. The van der Waals surface area contributed by atoms with Gasteiger partial charge in [-0.25, -0.2) is 0 Å². The van der Waals surface area contributed by atoms with Crippen molar-refractivity contribution in [3.63, 3.8) is 0 Å². The summed E-state index contributed by atoms with van der Waals surface area (Å²) in [6.07, 6.45) is 2.05. The molecule has 0 aromatic rings. The standard InChI is InChI=1S/C14H25N3O3/c1-10(16-13(20)14(2,3)4)12(19)15-9-11(18)17-7-5-6-8-17/h10H,5-9H2,1-4H3,(H,15,19)(H,16,20). The second-order valence-corrected chi connectivity index (χ2v) is 6.25. The highest BCUT2D eigenvalue weighted by Gasteiger charge is 2.25. The predicted octanol–water partition coefficient (Wildman–Crippen LogP) is 0.276. The number of hydrogen-bond donors (Lipinski definition) is 2. The smallest absolute Gasteiger partial charge is 0.242 e. The Kier molecular flexibility index (Phi) is 5.53. The van der Waals surface area contributed by atoms with Gasteiger partial charge in [-0.15, -0.1) is 0 Å². The number of rotatable bonds is 4. The normalized spacial score (nSPS) is 16.7. The Morgan fingerprint density at radius 1 is 1.15 bits per heavy atom. The molecule has 1 rings (SSSR count). The van der Waals surface area contributed by atoms with Crippen LogP contribution in [0, 0.1) is 5.41 Å². The third kappa shape index (κ3) is 4.83. The molecule has 1 aliphatic rings. The van der Waals surface area contributed by atoms with E-state index < -0.39 is 11.5 Å². The van der Waals surface area contributed by atoms with E-state index in [4.69, 9.17) is 0 Å². The summed E-state index contributed by atoms with van der Waals surface area (Å²) in [6.45, 7) is 8.49. The lowest BCUT2D eigenvalue weighted by Gasteiger charge is -2.22. The van der Waals surface area contributed by atoms with Crippen molar-refractivity contribution in [3.05, 3.63) is 0 Å². The van der Waals surface area contributed by atoms with Crippen LogP contribution in [0.2, 0.25) is 0 Å². The Balaban J connectivity index is 2.34. The molecule has 6 nitrogen and oxygen atoms in total. The lowest BCUT2D eigenvalue weighted by Crippen LogP contribution is -2.50. The molecule has 114 valence electrons. The van der Waals surface area contributed by atoms with E-state index in [1.807, 2.05) is 0 Å². The minimum absolute atomic E-state index is 0.00540. The van der Waals surface area contributed by atoms with Gasteiger partial charge >= 0.3 is 0 Å². The van der Waals surface area contributed by atoms with Crippen LogP contribution in [0.1, 0.15) is 40.5 Å². The monoisotopic (exact) mass is 283 g/mol. The average Bonchev–Trinajstić information content (AvgIpc) is 2.87. The Morgan fingerprint density at radius 3 is 2.20 bits per heavy atom. The zero-order valence-corrected chi connectivity index (χ0v) is 12.8. The molecule has 1 saturated heterocycles. The molecule has 1 atom stereocenters. The Morgan fingerprint density at radius 2 is 1.70 bits per heavy atom. The third-order valence-electron chi connectivity index (χ3n) is 3.29. The molecular formula is C14H25N3O3. The summed E-state index contributed by atoms with van der Waals surface area (Å²) in [6, 6.07) is -0.645. The molecule has 0 aromatic heterocycles. The topological polar surface area (TPSA) is 78.5 Å². The van der Waals surface area contributed by atoms with Crippen LogP contribution in [0.5, 0.6) is 0 Å². The van der Waals surface area contributed by atoms with Crippen molar-refractivity contribution in [1.29, 1.82) is 0 Å². The van der Waals surface area contributed by atoms with Crippen molar-refractivity contribution in [3.8, 4) is 0 Å². The number of hydrogen-bond acceptors (Lipinski definition) is 3. The fraction of sp³-hybridized carbons (Fsp3) is 0.786. The first-order chi connectivity index (χ1) is 9.21. The number of nitrogens with one attached hydrogen (secondary N) is 2. The fourth-order valence-corrected chi connectivity index (χ4v) is 1.87. The van der Waals surface area contributed by atoms with Gasteiger partial charge in [0.1, 0.15) is 6.04 Å². The molecule has 1 aliphatic heterocycles. The minimum Gasteiger partial charge on any atom is -0.345 e. The molecule has 0 saturated carbocycles. The average molecular weight is 283 g/mol. The van der Waals surface area contributed by atoms with Gasteiger partial charge in [-0.2, -0.15) is 0 Å². The molecule has 2 N–H and O–H groups in total. The highest BCUT2D eigenvalue weighted by atomic mass is 16.2. The summed E-state index contributed by atoms with van der Waals surface area (Å²) in [5.74, 6) is -0.591. The van der Waals surface area contributed by atoms with Gasteiger partial charge in [-0.05, 0) is 19.8 Å². The second kappa shape index (κ2) is 6.72. The molecule has 3 amide bonds. The Labute approximate surface area is 120 Å². The zero-order chi connectivity index (χ0) is 15.3. The molecule has 20 heavy (non-hydrogen) atoms. The maximum absolute atomic E-state index is 11.8. The van der Waals surface area contributed by atoms with E-state index in [-0.39, 0.29) is 24.3 Å². The van der Waals surface area contributed by atoms with Crippen LogP contribution in [-0.4, -0.2) is 48.3 Å². The SMILES string of the molecule is CC(NC(=O)C(C)(C)C)C(=O)NCC(=O)N1CCCC1. The van der Waals surface area contributed by atoms with Crippen molar-refractivity contribution in [2.45, 2.75) is 46.6 Å². The van der Waals surface area contributed by atoms with E-state index in [1.54, 1.807) is 32.6 Å². The zero-order valence-electron chi connectivity index (χ0n) is 12.8. The van der Waals surface area contributed by atoms with E-state index in [2.05, 4.69) is 10.6 Å².